The zero-order valence-electron chi connectivity index (χ0n) is 13.8. The average Bonchev–Trinajstić information content (AvgIpc) is 2.63. The van der Waals surface area contributed by atoms with E-state index in [1.165, 1.54) is 0 Å². The van der Waals surface area contributed by atoms with Crippen LogP contribution in [0.25, 0.3) is 0 Å². The van der Waals surface area contributed by atoms with E-state index in [2.05, 4.69) is 9.80 Å². The summed E-state index contributed by atoms with van der Waals surface area (Å²) in [5, 5.41) is 20.4. The molecule has 0 saturated carbocycles. The Morgan fingerprint density at radius 3 is 2.42 bits per heavy atom. The van der Waals surface area contributed by atoms with Crippen molar-refractivity contribution in [3.8, 4) is 0 Å². The summed E-state index contributed by atoms with van der Waals surface area (Å²) < 4.78 is 5.36. The number of piperazine rings is 1. The van der Waals surface area contributed by atoms with Crippen LogP contribution in [0.15, 0.2) is 18.2 Å². The van der Waals surface area contributed by atoms with Gasteiger partial charge in [0.1, 0.15) is 5.69 Å². The molecular weight excluding hydrogens is 312 g/mol. The van der Waals surface area contributed by atoms with Gasteiger partial charge in [-0.25, -0.2) is 0 Å². The lowest BCUT2D eigenvalue weighted by molar-refractivity contribution is -0.384. The van der Waals surface area contributed by atoms with Gasteiger partial charge in [0.05, 0.1) is 24.7 Å². The minimum atomic E-state index is -0.312. The lowest BCUT2D eigenvalue weighted by Crippen LogP contribution is -2.47. The lowest BCUT2D eigenvalue weighted by atomic mass is 10.1. The summed E-state index contributed by atoms with van der Waals surface area (Å²) >= 11 is 0. The Morgan fingerprint density at radius 1 is 1.08 bits per heavy atom. The second kappa shape index (κ2) is 7.78. The third-order valence-corrected chi connectivity index (χ3v) is 4.66. The molecule has 2 aliphatic heterocycles. The van der Waals surface area contributed by atoms with Gasteiger partial charge in [0.25, 0.3) is 5.69 Å². The van der Waals surface area contributed by atoms with Gasteiger partial charge in [-0.2, -0.15) is 0 Å². The van der Waals surface area contributed by atoms with Gasteiger partial charge in [-0.1, -0.05) is 0 Å². The number of hydrogen-bond donors (Lipinski definition) is 1. The number of benzene rings is 1. The molecule has 0 aliphatic carbocycles. The SMILES string of the molecule is O=[N+]([O-])c1ccc(N2CCN(CCO)CC2)cc1N1CCOCC1. The molecular formula is C16H24N4O4. The number of ether oxygens (including phenoxy) is 1. The number of aliphatic hydroxyl groups is 1. The Morgan fingerprint density at radius 2 is 1.79 bits per heavy atom. The van der Waals surface area contributed by atoms with Crippen molar-refractivity contribution >= 4 is 17.1 Å². The fourth-order valence-corrected chi connectivity index (χ4v) is 3.29. The molecule has 0 radical (unpaired) electrons. The quantitative estimate of drug-likeness (QED) is 0.621. The fourth-order valence-electron chi connectivity index (χ4n) is 3.29. The summed E-state index contributed by atoms with van der Waals surface area (Å²) in [7, 11) is 0. The first-order valence-corrected chi connectivity index (χ1v) is 8.38. The molecule has 132 valence electrons. The van der Waals surface area contributed by atoms with Crippen LogP contribution in [-0.4, -0.2) is 80.6 Å². The maximum atomic E-state index is 11.4. The highest BCUT2D eigenvalue weighted by molar-refractivity contribution is 5.70. The molecule has 3 rings (SSSR count). The van der Waals surface area contributed by atoms with E-state index in [0.717, 1.165) is 31.9 Å². The lowest BCUT2D eigenvalue weighted by Gasteiger charge is -2.36. The van der Waals surface area contributed by atoms with Crippen molar-refractivity contribution in [1.82, 2.24) is 4.90 Å². The van der Waals surface area contributed by atoms with Crippen molar-refractivity contribution in [3.05, 3.63) is 28.3 Å². The molecule has 0 bridgehead atoms. The predicted octanol–water partition coefficient (Wildman–Crippen LogP) is 0.546. The Balaban J connectivity index is 1.78. The van der Waals surface area contributed by atoms with Crippen LogP contribution in [0.5, 0.6) is 0 Å². The van der Waals surface area contributed by atoms with Gasteiger partial charge in [0, 0.05) is 57.6 Å². The molecule has 1 aromatic carbocycles. The van der Waals surface area contributed by atoms with E-state index in [1.54, 1.807) is 6.07 Å². The molecule has 1 aromatic rings. The predicted molar refractivity (Wildman–Crippen MR) is 91.9 cm³/mol. The van der Waals surface area contributed by atoms with Gasteiger partial charge >= 0.3 is 0 Å². The smallest absolute Gasteiger partial charge is 0.292 e. The molecule has 1 N–H and O–H groups in total. The van der Waals surface area contributed by atoms with Gasteiger partial charge in [0.2, 0.25) is 0 Å². The second-order valence-corrected chi connectivity index (χ2v) is 6.08. The molecule has 0 amide bonds. The van der Waals surface area contributed by atoms with Gasteiger partial charge in [-0.05, 0) is 12.1 Å². The Hall–Kier alpha value is -1.90. The minimum absolute atomic E-state index is 0.152. The maximum absolute atomic E-state index is 11.4. The first kappa shape index (κ1) is 16.9. The van der Waals surface area contributed by atoms with Crippen LogP contribution in [0.2, 0.25) is 0 Å². The van der Waals surface area contributed by atoms with Gasteiger partial charge in [-0.15, -0.1) is 0 Å². The second-order valence-electron chi connectivity index (χ2n) is 6.08. The highest BCUT2D eigenvalue weighted by Crippen LogP contribution is 2.33. The number of β-amino-alcohol motifs (C(OH)–C–C–N with tert-alkyl or cyclic N) is 1. The van der Waals surface area contributed by atoms with Crippen molar-refractivity contribution < 1.29 is 14.8 Å². The number of nitrogens with zero attached hydrogens (tertiary/aromatic N) is 4. The highest BCUT2D eigenvalue weighted by Gasteiger charge is 2.24. The molecule has 0 aromatic heterocycles. The molecule has 2 fully saturated rings. The Bertz CT molecular complexity index is 569. The van der Waals surface area contributed by atoms with Crippen LogP contribution in [0.3, 0.4) is 0 Å². The number of aliphatic hydroxyl groups excluding tert-OH is 1. The van der Waals surface area contributed by atoms with E-state index in [0.29, 0.717) is 38.5 Å². The van der Waals surface area contributed by atoms with E-state index in [4.69, 9.17) is 9.84 Å². The van der Waals surface area contributed by atoms with Crippen molar-refractivity contribution in [2.75, 3.05) is 75.4 Å². The van der Waals surface area contributed by atoms with Crippen molar-refractivity contribution in [2.45, 2.75) is 0 Å². The minimum Gasteiger partial charge on any atom is -0.395 e. The molecule has 0 atom stereocenters. The third kappa shape index (κ3) is 3.77. The maximum Gasteiger partial charge on any atom is 0.292 e. The summed E-state index contributed by atoms with van der Waals surface area (Å²) in [6, 6.07) is 5.38. The van der Waals surface area contributed by atoms with Gasteiger partial charge < -0.3 is 19.6 Å². The number of anilines is 2. The van der Waals surface area contributed by atoms with Crippen molar-refractivity contribution in [2.24, 2.45) is 0 Å². The molecule has 2 saturated heterocycles. The van der Waals surface area contributed by atoms with Gasteiger partial charge in [0.15, 0.2) is 0 Å². The standard InChI is InChI=1S/C16H24N4O4/c21-10-7-17-3-5-18(6-4-17)14-1-2-15(20(22)23)16(13-14)19-8-11-24-12-9-19/h1-2,13,21H,3-12H2. The monoisotopic (exact) mass is 336 g/mol. The number of nitro groups is 1. The summed E-state index contributed by atoms with van der Waals surface area (Å²) in [5.41, 5.74) is 1.85. The molecule has 2 aliphatic rings. The van der Waals surface area contributed by atoms with Crippen molar-refractivity contribution in [3.63, 3.8) is 0 Å². The van der Waals surface area contributed by atoms with E-state index in [-0.39, 0.29) is 17.2 Å². The van der Waals surface area contributed by atoms with Crippen LogP contribution in [0.4, 0.5) is 17.1 Å². The zero-order chi connectivity index (χ0) is 16.9. The first-order chi connectivity index (χ1) is 11.7. The van der Waals surface area contributed by atoms with E-state index in [9.17, 15) is 10.1 Å². The van der Waals surface area contributed by atoms with Crippen LogP contribution in [0, 0.1) is 10.1 Å². The molecule has 8 heteroatoms. The number of rotatable bonds is 5. The van der Waals surface area contributed by atoms with E-state index >= 15 is 0 Å². The molecule has 8 nitrogen and oxygen atoms in total. The van der Waals surface area contributed by atoms with Crippen LogP contribution < -0.4 is 9.80 Å². The van der Waals surface area contributed by atoms with Crippen LogP contribution in [-0.2, 0) is 4.74 Å². The zero-order valence-corrected chi connectivity index (χ0v) is 13.8. The topological polar surface area (TPSA) is 82.3 Å². The van der Waals surface area contributed by atoms with E-state index in [1.807, 2.05) is 17.0 Å². The molecule has 2 heterocycles. The van der Waals surface area contributed by atoms with E-state index < -0.39 is 0 Å². The molecule has 0 spiro atoms. The number of nitro benzene ring substituents is 1. The number of hydrogen-bond acceptors (Lipinski definition) is 7. The summed E-state index contributed by atoms with van der Waals surface area (Å²) in [5.74, 6) is 0. The van der Waals surface area contributed by atoms with Gasteiger partial charge in [-0.3, -0.25) is 15.0 Å². The average molecular weight is 336 g/mol. The molecule has 0 unspecified atom stereocenters. The summed E-state index contributed by atoms with van der Waals surface area (Å²) in [4.78, 5) is 17.6. The first-order valence-electron chi connectivity index (χ1n) is 8.38. The summed E-state index contributed by atoms with van der Waals surface area (Å²) in [6.45, 7) is 6.94. The largest absolute Gasteiger partial charge is 0.395 e. The molecule has 24 heavy (non-hydrogen) atoms. The Kier molecular flexibility index (Phi) is 5.49. The van der Waals surface area contributed by atoms with Crippen molar-refractivity contribution in [1.29, 1.82) is 0 Å². The third-order valence-electron chi connectivity index (χ3n) is 4.66. The fraction of sp³-hybridized carbons (Fsp3) is 0.625. The summed E-state index contributed by atoms with van der Waals surface area (Å²) in [6.07, 6.45) is 0. The number of morpholine rings is 1. The highest BCUT2D eigenvalue weighted by atomic mass is 16.6. The van der Waals surface area contributed by atoms with Crippen LogP contribution in [0.1, 0.15) is 0 Å². The normalized spacial score (nSPS) is 19.5. The Labute approximate surface area is 141 Å². The van der Waals surface area contributed by atoms with Crippen LogP contribution >= 0.6 is 0 Å².